The van der Waals surface area contributed by atoms with E-state index in [4.69, 9.17) is 4.99 Å². The summed E-state index contributed by atoms with van der Waals surface area (Å²) in [6.07, 6.45) is 2.28. The predicted molar refractivity (Wildman–Crippen MR) is 144 cm³/mol. The van der Waals surface area contributed by atoms with Gasteiger partial charge in [-0.2, -0.15) is 0 Å². The Hall–Kier alpha value is -1.55. The number of nitrogens with one attached hydrogen (secondary N) is 2. The van der Waals surface area contributed by atoms with Gasteiger partial charge in [0.15, 0.2) is 5.96 Å². The SMILES string of the molecule is CCNC(=NCC(CCO)CC(C)C)NCCC(=O)N1CCN(c2ccccc2)CC1.I. The maximum Gasteiger partial charge on any atom is 0.224 e. The van der Waals surface area contributed by atoms with Crippen LogP contribution in [0.1, 0.15) is 40.0 Å². The molecule has 1 heterocycles. The Balaban J connectivity index is 0.00000512. The molecule has 0 radical (unpaired) electrons. The van der Waals surface area contributed by atoms with E-state index in [2.05, 4.69) is 53.6 Å². The van der Waals surface area contributed by atoms with E-state index >= 15 is 0 Å². The summed E-state index contributed by atoms with van der Waals surface area (Å²) in [6, 6.07) is 10.4. The van der Waals surface area contributed by atoms with Crippen LogP contribution in [0.4, 0.5) is 5.69 Å². The molecule has 1 aromatic rings. The summed E-state index contributed by atoms with van der Waals surface area (Å²) < 4.78 is 0. The lowest BCUT2D eigenvalue weighted by atomic mass is 9.94. The summed E-state index contributed by atoms with van der Waals surface area (Å²) >= 11 is 0. The highest BCUT2D eigenvalue weighted by atomic mass is 127. The van der Waals surface area contributed by atoms with Gasteiger partial charge in [0.05, 0.1) is 0 Å². The van der Waals surface area contributed by atoms with E-state index < -0.39 is 0 Å². The van der Waals surface area contributed by atoms with Crippen LogP contribution in [0.3, 0.4) is 0 Å². The molecule has 1 fully saturated rings. The number of aliphatic hydroxyl groups excluding tert-OH is 1. The second-order valence-corrected chi connectivity index (χ2v) is 8.61. The zero-order valence-corrected chi connectivity index (χ0v) is 22.3. The molecule has 1 aliphatic heterocycles. The topological polar surface area (TPSA) is 80.2 Å². The first kappa shape index (κ1) is 28.5. The lowest BCUT2D eigenvalue weighted by Gasteiger charge is -2.36. The van der Waals surface area contributed by atoms with Gasteiger partial charge in [0.25, 0.3) is 0 Å². The molecule has 0 aliphatic carbocycles. The molecule has 0 bridgehead atoms. The average Bonchev–Trinajstić information content (AvgIpc) is 2.77. The second-order valence-electron chi connectivity index (χ2n) is 8.61. The maximum atomic E-state index is 12.6. The smallest absolute Gasteiger partial charge is 0.224 e. The van der Waals surface area contributed by atoms with Gasteiger partial charge in [0.1, 0.15) is 0 Å². The molecule has 3 N–H and O–H groups in total. The highest BCUT2D eigenvalue weighted by Gasteiger charge is 2.21. The first-order valence-electron chi connectivity index (χ1n) is 11.7. The van der Waals surface area contributed by atoms with Crippen LogP contribution in [0, 0.1) is 11.8 Å². The molecule has 32 heavy (non-hydrogen) atoms. The molecule has 7 nitrogen and oxygen atoms in total. The summed E-state index contributed by atoms with van der Waals surface area (Å²) in [6.45, 7) is 11.9. The van der Waals surface area contributed by atoms with Crippen LogP contribution in [-0.4, -0.2) is 74.3 Å². The number of amides is 1. The van der Waals surface area contributed by atoms with Gasteiger partial charge in [-0.3, -0.25) is 9.79 Å². The average molecular weight is 560 g/mol. The van der Waals surface area contributed by atoms with Crippen LogP contribution in [0.15, 0.2) is 35.3 Å². The molecule has 1 amide bonds. The number of benzene rings is 1. The molecule has 2 rings (SSSR count). The molecule has 0 saturated carbocycles. The number of carbonyl (C=O) groups is 1. The van der Waals surface area contributed by atoms with Crippen molar-refractivity contribution in [1.82, 2.24) is 15.5 Å². The summed E-state index contributed by atoms with van der Waals surface area (Å²) in [7, 11) is 0. The molecule has 182 valence electrons. The van der Waals surface area contributed by atoms with Crippen LogP contribution in [0.5, 0.6) is 0 Å². The summed E-state index contributed by atoms with van der Waals surface area (Å²) in [5.41, 5.74) is 1.22. The second kappa shape index (κ2) is 16.1. The lowest BCUT2D eigenvalue weighted by molar-refractivity contribution is -0.131. The monoisotopic (exact) mass is 559 g/mol. The fourth-order valence-electron chi connectivity index (χ4n) is 3.99. The Morgan fingerprint density at radius 3 is 2.41 bits per heavy atom. The number of piperazine rings is 1. The number of aliphatic hydroxyl groups is 1. The fourth-order valence-corrected chi connectivity index (χ4v) is 3.99. The van der Waals surface area contributed by atoms with E-state index in [0.717, 1.165) is 51.5 Å². The van der Waals surface area contributed by atoms with Crippen LogP contribution < -0.4 is 15.5 Å². The van der Waals surface area contributed by atoms with Gasteiger partial charge < -0.3 is 25.5 Å². The number of halogens is 1. The minimum atomic E-state index is 0. The van der Waals surface area contributed by atoms with E-state index in [1.165, 1.54) is 5.69 Å². The van der Waals surface area contributed by atoms with E-state index in [9.17, 15) is 9.90 Å². The summed E-state index contributed by atoms with van der Waals surface area (Å²) in [4.78, 5) is 21.6. The van der Waals surface area contributed by atoms with Crippen molar-refractivity contribution in [3.8, 4) is 0 Å². The van der Waals surface area contributed by atoms with Crippen molar-refractivity contribution in [3.05, 3.63) is 30.3 Å². The largest absolute Gasteiger partial charge is 0.396 e. The number of nitrogens with zero attached hydrogens (tertiary/aromatic N) is 3. The van der Waals surface area contributed by atoms with Gasteiger partial charge in [0.2, 0.25) is 5.91 Å². The minimum absolute atomic E-state index is 0. The molecule has 1 aromatic carbocycles. The highest BCUT2D eigenvalue weighted by Crippen LogP contribution is 2.16. The van der Waals surface area contributed by atoms with Gasteiger partial charge in [0, 0.05) is 64.5 Å². The molecular weight excluding hydrogens is 517 g/mol. The number of aliphatic imine (C=N–C) groups is 1. The zero-order valence-electron chi connectivity index (χ0n) is 19.9. The third-order valence-corrected chi connectivity index (χ3v) is 5.58. The quantitative estimate of drug-likeness (QED) is 0.221. The van der Waals surface area contributed by atoms with E-state index in [-0.39, 0.29) is 36.5 Å². The summed E-state index contributed by atoms with van der Waals surface area (Å²) in [5.74, 6) is 1.90. The molecule has 1 unspecified atom stereocenters. The van der Waals surface area contributed by atoms with Crippen LogP contribution in [0.25, 0.3) is 0 Å². The standard InChI is InChI=1S/C24H41N5O2.HI/c1-4-25-24(27-19-21(11-17-30)18-20(2)3)26-12-10-23(31)29-15-13-28(14-16-29)22-8-6-5-7-9-22;/h5-9,20-21,30H,4,10-19H2,1-3H3,(H2,25,26,27);1H. The normalized spacial score (nSPS) is 15.3. The van der Waals surface area contributed by atoms with Gasteiger partial charge in [-0.25, -0.2) is 0 Å². The van der Waals surface area contributed by atoms with Gasteiger partial charge in [-0.15, -0.1) is 24.0 Å². The molecular formula is C24H42IN5O2. The van der Waals surface area contributed by atoms with Crippen molar-refractivity contribution in [2.75, 3.05) is 57.3 Å². The van der Waals surface area contributed by atoms with Crippen LogP contribution >= 0.6 is 24.0 Å². The van der Waals surface area contributed by atoms with Crippen molar-refractivity contribution in [2.45, 2.75) is 40.0 Å². The number of guanidine groups is 1. The number of hydrogen-bond donors (Lipinski definition) is 3. The highest BCUT2D eigenvalue weighted by molar-refractivity contribution is 14.0. The molecule has 8 heteroatoms. The zero-order chi connectivity index (χ0) is 22.5. The Morgan fingerprint density at radius 2 is 1.81 bits per heavy atom. The molecule has 1 saturated heterocycles. The number of para-hydroxylation sites is 1. The third-order valence-electron chi connectivity index (χ3n) is 5.58. The molecule has 1 atom stereocenters. The lowest BCUT2D eigenvalue weighted by Crippen LogP contribution is -2.49. The number of anilines is 1. The van der Waals surface area contributed by atoms with Crippen molar-refractivity contribution in [3.63, 3.8) is 0 Å². The van der Waals surface area contributed by atoms with Crippen molar-refractivity contribution < 1.29 is 9.90 Å². The maximum absolute atomic E-state index is 12.6. The van der Waals surface area contributed by atoms with E-state index in [1.807, 2.05) is 17.9 Å². The van der Waals surface area contributed by atoms with Gasteiger partial charge >= 0.3 is 0 Å². The number of rotatable bonds is 11. The Bertz CT molecular complexity index is 664. The fraction of sp³-hybridized carbons (Fsp3) is 0.667. The molecule has 0 spiro atoms. The first-order chi connectivity index (χ1) is 15.0. The predicted octanol–water partition coefficient (Wildman–Crippen LogP) is 2.94. The van der Waals surface area contributed by atoms with Crippen molar-refractivity contribution >= 4 is 41.5 Å². The van der Waals surface area contributed by atoms with Crippen LogP contribution in [0.2, 0.25) is 0 Å². The number of carbonyl (C=O) groups excluding carboxylic acids is 1. The van der Waals surface area contributed by atoms with Gasteiger partial charge in [-0.1, -0.05) is 32.0 Å². The van der Waals surface area contributed by atoms with Crippen molar-refractivity contribution in [2.24, 2.45) is 16.8 Å². The van der Waals surface area contributed by atoms with E-state index in [0.29, 0.717) is 31.3 Å². The van der Waals surface area contributed by atoms with Gasteiger partial charge in [-0.05, 0) is 43.7 Å². The Labute approximate surface area is 211 Å². The molecule has 1 aliphatic rings. The third kappa shape index (κ3) is 10.4. The Kier molecular flexibility index (Phi) is 14.4. The Morgan fingerprint density at radius 1 is 1.12 bits per heavy atom. The first-order valence-corrected chi connectivity index (χ1v) is 11.7. The van der Waals surface area contributed by atoms with Crippen LogP contribution in [-0.2, 0) is 4.79 Å². The number of hydrogen-bond acceptors (Lipinski definition) is 4. The van der Waals surface area contributed by atoms with Crippen molar-refractivity contribution in [1.29, 1.82) is 0 Å². The summed E-state index contributed by atoms with van der Waals surface area (Å²) in [5, 5.41) is 15.9. The minimum Gasteiger partial charge on any atom is -0.396 e. The molecule has 0 aromatic heterocycles. The van der Waals surface area contributed by atoms with E-state index in [1.54, 1.807) is 0 Å².